The molecular formula is C12H21N3. The summed E-state index contributed by atoms with van der Waals surface area (Å²) in [4.78, 5) is 2.56. The zero-order valence-electron chi connectivity index (χ0n) is 9.98. The molecule has 0 bridgehead atoms. The molecule has 2 rings (SSSR count). The largest absolute Gasteiger partial charge is 0.298 e. The molecule has 0 saturated carbocycles. The SMILES string of the molecule is CC(C)(C)N1CCC(n2cccn2)CC1. The fraction of sp³-hybridized carbons (Fsp3) is 0.750. The van der Waals surface area contributed by atoms with Gasteiger partial charge in [-0.1, -0.05) is 0 Å². The third-order valence-electron chi connectivity index (χ3n) is 3.31. The minimum Gasteiger partial charge on any atom is -0.298 e. The van der Waals surface area contributed by atoms with Crippen LogP contribution in [-0.4, -0.2) is 33.3 Å². The number of hydrogen-bond donors (Lipinski definition) is 0. The summed E-state index contributed by atoms with van der Waals surface area (Å²) >= 11 is 0. The summed E-state index contributed by atoms with van der Waals surface area (Å²) in [5, 5.41) is 4.33. The van der Waals surface area contributed by atoms with Gasteiger partial charge in [0.2, 0.25) is 0 Å². The number of hydrogen-bond acceptors (Lipinski definition) is 2. The fourth-order valence-corrected chi connectivity index (χ4v) is 2.30. The lowest BCUT2D eigenvalue weighted by Crippen LogP contribution is -2.46. The van der Waals surface area contributed by atoms with Gasteiger partial charge in [0.1, 0.15) is 0 Å². The first-order valence-corrected chi connectivity index (χ1v) is 5.81. The average molecular weight is 207 g/mol. The van der Waals surface area contributed by atoms with Crippen LogP contribution in [0.5, 0.6) is 0 Å². The fourth-order valence-electron chi connectivity index (χ4n) is 2.30. The molecule has 3 nitrogen and oxygen atoms in total. The first kappa shape index (κ1) is 10.7. The van der Waals surface area contributed by atoms with Gasteiger partial charge >= 0.3 is 0 Å². The number of nitrogens with zero attached hydrogens (tertiary/aromatic N) is 3. The zero-order chi connectivity index (χ0) is 10.9. The lowest BCUT2D eigenvalue weighted by atomic mass is 9.98. The number of aromatic nitrogens is 2. The molecule has 2 heterocycles. The van der Waals surface area contributed by atoms with Gasteiger partial charge in [0.05, 0.1) is 6.04 Å². The normalized spacial score (nSPS) is 20.7. The second-order valence-corrected chi connectivity index (χ2v) is 5.38. The smallest absolute Gasteiger partial charge is 0.0543 e. The molecule has 0 atom stereocenters. The first-order chi connectivity index (χ1) is 7.07. The van der Waals surface area contributed by atoms with Gasteiger partial charge in [0.15, 0.2) is 0 Å². The van der Waals surface area contributed by atoms with E-state index in [0.717, 1.165) is 0 Å². The molecule has 84 valence electrons. The topological polar surface area (TPSA) is 21.1 Å². The third kappa shape index (κ3) is 2.40. The van der Waals surface area contributed by atoms with Crippen molar-refractivity contribution in [2.75, 3.05) is 13.1 Å². The third-order valence-corrected chi connectivity index (χ3v) is 3.31. The van der Waals surface area contributed by atoms with Gasteiger partial charge in [-0.15, -0.1) is 0 Å². The van der Waals surface area contributed by atoms with Gasteiger partial charge in [-0.2, -0.15) is 5.10 Å². The number of piperidine rings is 1. The molecule has 1 saturated heterocycles. The molecule has 0 amide bonds. The van der Waals surface area contributed by atoms with E-state index in [2.05, 4.69) is 41.6 Å². The highest BCUT2D eigenvalue weighted by Gasteiger charge is 2.27. The van der Waals surface area contributed by atoms with Gasteiger partial charge in [0.25, 0.3) is 0 Å². The summed E-state index contributed by atoms with van der Waals surface area (Å²) in [5.74, 6) is 0. The molecule has 0 spiro atoms. The summed E-state index contributed by atoms with van der Waals surface area (Å²) in [7, 11) is 0. The molecule has 0 unspecified atom stereocenters. The van der Waals surface area contributed by atoms with E-state index in [9.17, 15) is 0 Å². The Morgan fingerprint density at radius 1 is 1.20 bits per heavy atom. The summed E-state index contributed by atoms with van der Waals surface area (Å²) in [6, 6.07) is 2.62. The maximum absolute atomic E-state index is 4.33. The van der Waals surface area contributed by atoms with Gasteiger partial charge in [-0.3, -0.25) is 9.58 Å². The lowest BCUT2D eigenvalue weighted by Gasteiger charge is -2.40. The van der Waals surface area contributed by atoms with Crippen LogP contribution in [0.2, 0.25) is 0 Å². The van der Waals surface area contributed by atoms with Crippen LogP contribution in [0, 0.1) is 0 Å². The highest BCUT2D eigenvalue weighted by atomic mass is 15.3. The van der Waals surface area contributed by atoms with Crippen molar-refractivity contribution in [1.82, 2.24) is 14.7 Å². The van der Waals surface area contributed by atoms with Crippen LogP contribution < -0.4 is 0 Å². The van der Waals surface area contributed by atoms with Gasteiger partial charge < -0.3 is 0 Å². The van der Waals surface area contributed by atoms with E-state index >= 15 is 0 Å². The van der Waals surface area contributed by atoms with E-state index in [1.165, 1.54) is 25.9 Å². The molecule has 1 aliphatic rings. The first-order valence-electron chi connectivity index (χ1n) is 5.81. The predicted molar refractivity (Wildman–Crippen MR) is 61.8 cm³/mol. The van der Waals surface area contributed by atoms with Crippen LogP contribution in [0.25, 0.3) is 0 Å². The Labute approximate surface area is 92.1 Å². The van der Waals surface area contributed by atoms with E-state index in [-0.39, 0.29) is 0 Å². The maximum Gasteiger partial charge on any atom is 0.0543 e. The van der Waals surface area contributed by atoms with Crippen LogP contribution in [-0.2, 0) is 0 Å². The van der Waals surface area contributed by atoms with Crippen molar-refractivity contribution in [2.24, 2.45) is 0 Å². The summed E-state index contributed by atoms with van der Waals surface area (Å²) in [6.45, 7) is 9.26. The predicted octanol–water partition coefficient (Wildman–Crippen LogP) is 2.32. The Hall–Kier alpha value is -0.830. The van der Waals surface area contributed by atoms with Crippen LogP contribution in [0.4, 0.5) is 0 Å². The van der Waals surface area contributed by atoms with Crippen molar-refractivity contribution < 1.29 is 0 Å². The Morgan fingerprint density at radius 3 is 2.33 bits per heavy atom. The molecule has 0 aliphatic carbocycles. The molecule has 1 aromatic rings. The van der Waals surface area contributed by atoms with Gasteiger partial charge in [-0.05, 0) is 39.7 Å². The van der Waals surface area contributed by atoms with E-state index < -0.39 is 0 Å². The van der Waals surface area contributed by atoms with Gasteiger partial charge in [-0.25, -0.2) is 0 Å². The lowest BCUT2D eigenvalue weighted by molar-refractivity contribution is 0.0870. The van der Waals surface area contributed by atoms with Crippen molar-refractivity contribution in [1.29, 1.82) is 0 Å². The van der Waals surface area contributed by atoms with E-state index in [0.29, 0.717) is 11.6 Å². The molecule has 1 aromatic heterocycles. The number of likely N-dealkylation sites (tertiary alicyclic amines) is 1. The second-order valence-electron chi connectivity index (χ2n) is 5.38. The molecule has 1 aliphatic heterocycles. The van der Waals surface area contributed by atoms with Crippen molar-refractivity contribution in [2.45, 2.75) is 45.2 Å². The number of rotatable bonds is 1. The van der Waals surface area contributed by atoms with E-state index in [1.807, 2.05) is 12.3 Å². The Balaban J connectivity index is 1.93. The zero-order valence-corrected chi connectivity index (χ0v) is 9.98. The summed E-state index contributed by atoms with van der Waals surface area (Å²) < 4.78 is 2.11. The maximum atomic E-state index is 4.33. The monoisotopic (exact) mass is 207 g/mol. The van der Waals surface area contributed by atoms with Crippen molar-refractivity contribution >= 4 is 0 Å². The van der Waals surface area contributed by atoms with Crippen molar-refractivity contribution in [3.05, 3.63) is 18.5 Å². The standard InChI is InChI=1S/C12H21N3/c1-12(2,3)14-9-5-11(6-10-14)15-8-4-7-13-15/h4,7-8,11H,5-6,9-10H2,1-3H3. The molecule has 0 radical (unpaired) electrons. The van der Waals surface area contributed by atoms with Gasteiger partial charge in [0, 0.05) is 31.0 Å². The van der Waals surface area contributed by atoms with Crippen LogP contribution in [0.1, 0.15) is 39.7 Å². The molecular weight excluding hydrogens is 186 g/mol. The van der Waals surface area contributed by atoms with Crippen molar-refractivity contribution in [3.63, 3.8) is 0 Å². The van der Waals surface area contributed by atoms with Crippen LogP contribution in [0.3, 0.4) is 0 Å². The van der Waals surface area contributed by atoms with E-state index in [4.69, 9.17) is 0 Å². The Morgan fingerprint density at radius 2 is 1.87 bits per heavy atom. The molecule has 3 heteroatoms. The molecule has 15 heavy (non-hydrogen) atoms. The molecule has 1 fully saturated rings. The minimum atomic E-state index is 0.315. The quantitative estimate of drug-likeness (QED) is 0.704. The average Bonchev–Trinajstić information content (AvgIpc) is 2.69. The van der Waals surface area contributed by atoms with Crippen molar-refractivity contribution in [3.8, 4) is 0 Å². The molecule has 0 N–H and O–H groups in total. The Bertz CT molecular complexity index is 289. The minimum absolute atomic E-state index is 0.315. The highest BCUT2D eigenvalue weighted by molar-refractivity contribution is 4.87. The Kier molecular flexibility index (Phi) is 2.83. The van der Waals surface area contributed by atoms with Crippen LogP contribution >= 0.6 is 0 Å². The van der Waals surface area contributed by atoms with E-state index in [1.54, 1.807) is 0 Å². The second kappa shape index (κ2) is 3.97. The van der Waals surface area contributed by atoms with Crippen LogP contribution in [0.15, 0.2) is 18.5 Å². The molecule has 0 aromatic carbocycles. The summed E-state index contributed by atoms with van der Waals surface area (Å²) in [6.07, 6.45) is 6.39. The summed E-state index contributed by atoms with van der Waals surface area (Å²) in [5.41, 5.74) is 0.315. The highest BCUT2D eigenvalue weighted by Crippen LogP contribution is 2.26.